The number of alkyl halides is 3. The van der Waals surface area contributed by atoms with Crippen LogP contribution in [-0.4, -0.2) is 36.4 Å². The third kappa shape index (κ3) is 4.13. The molecule has 2 atom stereocenters. The normalized spacial score (nSPS) is 25.7. The Kier molecular flexibility index (Phi) is 4.60. The molecule has 1 aliphatic carbocycles. The Bertz CT molecular complexity index is 609. The summed E-state index contributed by atoms with van der Waals surface area (Å²) >= 11 is 0. The third-order valence-corrected chi connectivity index (χ3v) is 4.71. The van der Waals surface area contributed by atoms with Gasteiger partial charge in [0.15, 0.2) is 5.96 Å². The topological polar surface area (TPSA) is 50.8 Å². The molecule has 1 heterocycles. The Hall–Kier alpha value is -1.92. The van der Waals surface area contributed by atoms with Crippen LogP contribution in [0, 0.1) is 5.92 Å². The molecule has 1 aromatic rings. The first-order chi connectivity index (χ1) is 11.3. The maximum absolute atomic E-state index is 12.5. The third-order valence-electron chi connectivity index (χ3n) is 4.71. The van der Waals surface area contributed by atoms with E-state index in [9.17, 15) is 13.2 Å². The fourth-order valence-corrected chi connectivity index (χ4v) is 3.15. The van der Waals surface area contributed by atoms with Crippen molar-refractivity contribution < 1.29 is 17.9 Å². The lowest BCUT2D eigenvalue weighted by Crippen LogP contribution is -2.42. The van der Waals surface area contributed by atoms with Crippen molar-refractivity contribution in [1.82, 2.24) is 4.90 Å². The van der Waals surface area contributed by atoms with Crippen molar-refractivity contribution in [1.29, 1.82) is 0 Å². The van der Waals surface area contributed by atoms with E-state index in [-0.39, 0.29) is 17.7 Å². The molecule has 1 aromatic carbocycles. The minimum Gasteiger partial charge on any atom is -0.405 e. The van der Waals surface area contributed by atoms with E-state index in [1.807, 2.05) is 0 Å². The number of guanidine groups is 1. The van der Waals surface area contributed by atoms with Gasteiger partial charge in [-0.25, -0.2) is 4.99 Å². The van der Waals surface area contributed by atoms with Crippen LogP contribution >= 0.6 is 0 Å². The van der Waals surface area contributed by atoms with Crippen LogP contribution in [0.15, 0.2) is 29.3 Å². The predicted octanol–water partition coefficient (Wildman–Crippen LogP) is 3.49. The van der Waals surface area contributed by atoms with Crippen LogP contribution in [0.5, 0.6) is 5.75 Å². The molecule has 4 nitrogen and oxygen atoms in total. The van der Waals surface area contributed by atoms with Crippen molar-refractivity contribution in [2.45, 2.75) is 44.5 Å². The minimum absolute atomic E-state index is 0.0641. The monoisotopic (exact) mass is 341 g/mol. The molecule has 24 heavy (non-hydrogen) atoms. The Balaban J connectivity index is 1.66. The van der Waals surface area contributed by atoms with E-state index in [1.165, 1.54) is 12.1 Å². The number of hydrogen-bond acceptors (Lipinski definition) is 2. The molecule has 0 radical (unpaired) electrons. The number of ether oxygens (including phenoxy) is 1. The zero-order valence-electron chi connectivity index (χ0n) is 13.6. The SMILES string of the molecule is CC1CCN(C(N)=NC2CC2c2ccccc2OC(F)(F)F)CC1. The highest BCUT2D eigenvalue weighted by Crippen LogP contribution is 2.47. The average molecular weight is 341 g/mol. The lowest BCUT2D eigenvalue weighted by molar-refractivity contribution is -0.274. The Labute approximate surface area is 139 Å². The van der Waals surface area contributed by atoms with Crippen molar-refractivity contribution in [3.63, 3.8) is 0 Å². The largest absolute Gasteiger partial charge is 0.573 e. The quantitative estimate of drug-likeness (QED) is 0.676. The number of nitrogens with zero attached hydrogens (tertiary/aromatic N) is 2. The molecule has 0 amide bonds. The number of hydrogen-bond donors (Lipinski definition) is 1. The maximum Gasteiger partial charge on any atom is 0.573 e. The summed E-state index contributed by atoms with van der Waals surface area (Å²) in [6.45, 7) is 4.00. The molecule has 0 spiro atoms. The molecule has 0 bridgehead atoms. The van der Waals surface area contributed by atoms with Gasteiger partial charge in [-0.2, -0.15) is 0 Å². The zero-order valence-corrected chi connectivity index (χ0v) is 13.6. The molecule has 7 heteroatoms. The van der Waals surface area contributed by atoms with Gasteiger partial charge in [0.25, 0.3) is 0 Å². The zero-order chi connectivity index (χ0) is 17.3. The van der Waals surface area contributed by atoms with Gasteiger partial charge in [-0.15, -0.1) is 13.2 Å². The number of likely N-dealkylation sites (tertiary alicyclic amines) is 1. The highest BCUT2D eigenvalue weighted by atomic mass is 19.4. The molecule has 2 aliphatic rings. The van der Waals surface area contributed by atoms with Crippen molar-refractivity contribution in [2.75, 3.05) is 13.1 Å². The first kappa shape index (κ1) is 16.9. The molecule has 2 fully saturated rings. The van der Waals surface area contributed by atoms with Gasteiger partial charge in [-0.3, -0.25) is 0 Å². The van der Waals surface area contributed by atoms with Crippen molar-refractivity contribution in [3.05, 3.63) is 29.8 Å². The first-order valence-electron chi connectivity index (χ1n) is 8.26. The summed E-state index contributed by atoms with van der Waals surface area (Å²) in [6.07, 6.45) is -1.81. The van der Waals surface area contributed by atoms with Crippen LogP contribution in [0.1, 0.15) is 37.7 Å². The summed E-state index contributed by atoms with van der Waals surface area (Å²) < 4.78 is 41.7. The molecular weight excluding hydrogens is 319 g/mol. The number of rotatable bonds is 3. The number of aliphatic imine (C=N–C) groups is 1. The molecule has 3 rings (SSSR count). The van der Waals surface area contributed by atoms with E-state index >= 15 is 0 Å². The van der Waals surface area contributed by atoms with E-state index in [0.29, 0.717) is 23.9 Å². The molecule has 132 valence electrons. The second-order valence-corrected chi connectivity index (χ2v) is 6.65. The van der Waals surface area contributed by atoms with Crippen LogP contribution < -0.4 is 10.5 Å². The second kappa shape index (κ2) is 6.53. The summed E-state index contributed by atoms with van der Waals surface area (Å²) in [5.74, 6) is 1.00. The Morgan fingerprint density at radius 2 is 1.92 bits per heavy atom. The van der Waals surface area contributed by atoms with Gasteiger partial charge in [-0.1, -0.05) is 25.1 Å². The van der Waals surface area contributed by atoms with Gasteiger partial charge in [0.2, 0.25) is 0 Å². The fourth-order valence-electron chi connectivity index (χ4n) is 3.15. The summed E-state index contributed by atoms with van der Waals surface area (Å²) in [6, 6.07) is 6.20. The van der Waals surface area contributed by atoms with Gasteiger partial charge in [0.1, 0.15) is 5.75 Å². The Morgan fingerprint density at radius 3 is 2.58 bits per heavy atom. The smallest absolute Gasteiger partial charge is 0.405 e. The first-order valence-corrected chi connectivity index (χ1v) is 8.26. The fraction of sp³-hybridized carbons (Fsp3) is 0.588. The number of nitrogens with two attached hydrogens (primary N) is 1. The van der Waals surface area contributed by atoms with Gasteiger partial charge >= 0.3 is 6.36 Å². The van der Waals surface area contributed by atoms with E-state index in [1.54, 1.807) is 12.1 Å². The van der Waals surface area contributed by atoms with Crippen molar-refractivity contribution >= 4 is 5.96 Å². The van der Waals surface area contributed by atoms with Crippen LogP contribution in [0.4, 0.5) is 13.2 Å². The van der Waals surface area contributed by atoms with Crippen LogP contribution in [0.3, 0.4) is 0 Å². The van der Waals surface area contributed by atoms with Crippen molar-refractivity contribution in [3.8, 4) is 5.75 Å². The minimum atomic E-state index is -4.69. The molecule has 2 unspecified atom stereocenters. The lowest BCUT2D eigenvalue weighted by Gasteiger charge is -2.31. The highest BCUT2D eigenvalue weighted by molar-refractivity contribution is 5.78. The van der Waals surface area contributed by atoms with E-state index < -0.39 is 6.36 Å². The van der Waals surface area contributed by atoms with Gasteiger partial charge in [0, 0.05) is 19.0 Å². The molecule has 2 N–H and O–H groups in total. The Morgan fingerprint density at radius 1 is 1.25 bits per heavy atom. The van der Waals surface area contributed by atoms with E-state index in [4.69, 9.17) is 5.73 Å². The summed E-state index contributed by atoms with van der Waals surface area (Å²) in [5, 5.41) is 0. The van der Waals surface area contributed by atoms with Crippen LogP contribution in [0.25, 0.3) is 0 Å². The predicted molar refractivity (Wildman–Crippen MR) is 85.9 cm³/mol. The second-order valence-electron chi connectivity index (χ2n) is 6.65. The maximum atomic E-state index is 12.5. The number of para-hydroxylation sites is 1. The highest BCUT2D eigenvalue weighted by Gasteiger charge is 2.42. The number of benzene rings is 1. The average Bonchev–Trinajstić information content (AvgIpc) is 3.25. The summed E-state index contributed by atoms with van der Waals surface area (Å²) in [7, 11) is 0. The standard InChI is InChI=1S/C17H22F3N3O/c1-11-6-8-23(9-7-11)16(21)22-14-10-13(14)12-4-2-3-5-15(12)24-17(18,19)20/h2-5,11,13-14H,6-10H2,1H3,(H2,21,22). The van der Waals surface area contributed by atoms with Gasteiger partial charge < -0.3 is 15.4 Å². The number of halogens is 3. The van der Waals surface area contributed by atoms with E-state index in [2.05, 4.69) is 21.6 Å². The van der Waals surface area contributed by atoms with Gasteiger partial charge in [0.05, 0.1) is 6.04 Å². The molecule has 0 aromatic heterocycles. The van der Waals surface area contributed by atoms with Crippen LogP contribution in [0.2, 0.25) is 0 Å². The summed E-state index contributed by atoms with van der Waals surface area (Å²) in [5.41, 5.74) is 6.62. The van der Waals surface area contributed by atoms with Gasteiger partial charge in [-0.05, 0) is 36.8 Å². The van der Waals surface area contributed by atoms with E-state index in [0.717, 1.165) is 25.9 Å². The molecule has 1 saturated carbocycles. The van der Waals surface area contributed by atoms with Crippen molar-refractivity contribution in [2.24, 2.45) is 16.6 Å². The molecular formula is C17H22F3N3O. The molecule has 1 saturated heterocycles. The summed E-state index contributed by atoms with van der Waals surface area (Å²) in [4.78, 5) is 6.58. The molecule has 1 aliphatic heterocycles. The lowest BCUT2D eigenvalue weighted by atomic mass is 10.00. The van der Waals surface area contributed by atoms with Crippen LogP contribution in [-0.2, 0) is 0 Å². The number of piperidine rings is 1.